The van der Waals surface area contributed by atoms with E-state index in [0.717, 1.165) is 5.75 Å². The molecule has 0 bridgehead atoms. The van der Waals surface area contributed by atoms with E-state index in [-0.39, 0.29) is 5.41 Å². The van der Waals surface area contributed by atoms with Crippen LogP contribution in [0.4, 0.5) is 0 Å². The molecule has 1 aromatic rings. The molecule has 1 rings (SSSR count). The van der Waals surface area contributed by atoms with Gasteiger partial charge in [0.1, 0.15) is 5.75 Å². The molecule has 4 nitrogen and oxygen atoms in total. The first-order chi connectivity index (χ1) is 9.34. The van der Waals surface area contributed by atoms with Crippen molar-refractivity contribution in [2.75, 3.05) is 13.2 Å². The molecular formula is C16H24O4. The molecule has 0 saturated heterocycles. The van der Waals surface area contributed by atoms with Gasteiger partial charge in [-0.3, -0.25) is 0 Å². The quantitative estimate of drug-likeness (QED) is 0.833. The Morgan fingerprint density at radius 2 is 2.05 bits per heavy atom. The summed E-state index contributed by atoms with van der Waals surface area (Å²) >= 11 is 0. The van der Waals surface area contributed by atoms with Gasteiger partial charge in [-0.1, -0.05) is 32.9 Å². The van der Waals surface area contributed by atoms with Crippen LogP contribution in [-0.4, -0.2) is 30.4 Å². The van der Waals surface area contributed by atoms with Gasteiger partial charge in [0, 0.05) is 13.0 Å². The van der Waals surface area contributed by atoms with Crippen LogP contribution < -0.4 is 4.74 Å². The van der Waals surface area contributed by atoms with Crippen LogP contribution in [0, 0.1) is 0 Å². The van der Waals surface area contributed by atoms with Gasteiger partial charge in [0.2, 0.25) is 0 Å². The number of carbonyl (C=O) groups is 1. The van der Waals surface area contributed by atoms with E-state index in [9.17, 15) is 4.79 Å². The average Bonchev–Trinajstić information content (AvgIpc) is 2.37. The van der Waals surface area contributed by atoms with Crippen LogP contribution in [0.5, 0.6) is 5.75 Å². The van der Waals surface area contributed by atoms with E-state index in [1.807, 2.05) is 18.2 Å². The molecular weight excluding hydrogens is 256 g/mol. The fraction of sp³-hybridized carbons (Fsp3) is 0.562. The van der Waals surface area contributed by atoms with E-state index in [1.165, 1.54) is 5.56 Å². The number of benzene rings is 1. The number of carboxylic acids is 1. The Labute approximate surface area is 120 Å². The van der Waals surface area contributed by atoms with E-state index in [0.29, 0.717) is 19.6 Å². The molecule has 112 valence electrons. The van der Waals surface area contributed by atoms with Crippen molar-refractivity contribution in [2.45, 2.75) is 45.6 Å². The van der Waals surface area contributed by atoms with E-state index in [1.54, 1.807) is 6.92 Å². The Morgan fingerprint density at radius 1 is 1.35 bits per heavy atom. The zero-order valence-corrected chi connectivity index (χ0v) is 12.7. The molecule has 1 atom stereocenters. The van der Waals surface area contributed by atoms with E-state index in [4.69, 9.17) is 14.6 Å². The third-order valence-corrected chi connectivity index (χ3v) is 2.99. The maximum atomic E-state index is 10.9. The van der Waals surface area contributed by atoms with Gasteiger partial charge in [0.15, 0.2) is 6.10 Å². The number of aliphatic carboxylic acids is 1. The van der Waals surface area contributed by atoms with Crippen molar-refractivity contribution in [1.82, 2.24) is 0 Å². The Kier molecular flexibility index (Phi) is 6.02. The second kappa shape index (κ2) is 7.29. The predicted octanol–water partition coefficient (Wildman–Crippen LogP) is 3.24. The highest BCUT2D eigenvalue weighted by molar-refractivity contribution is 5.72. The van der Waals surface area contributed by atoms with Crippen LogP contribution in [-0.2, 0) is 14.9 Å². The van der Waals surface area contributed by atoms with Crippen LogP contribution >= 0.6 is 0 Å². The lowest BCUT2D eigenvalue weighted by Crippen LogP contribution is -2.26. The summed E-state index contributed by atoms with van der Waals surface area (Å²) < 4.78 is 10.8. The van der Waals surface area contributed by atoms with Gasteiger partial charge in [-0.25, -0.2) is 4.79 Å². The minimum atomic E-state index is -0.945. The topological polar surface area (TPSA) is 55.8 Å². The molecule has 1 aromatic carbocycles. The minimum Gasteiger partial charge on any atom is -0.493 e. The highest BCUT2D eigenvalue weighted by atomic mass is 16.5. The number of ether oxygens (including phenoxy) is 2. The van der Waals surface area contributed by atoms with Gasteiger partial charge in [-0.15, -0.1) is 0 Å². The summed E-state index contributed by atoms with van der Waals surface area (Å²) in [6.07, 6.45) is -0.464. The molecule has 0 aliphatic rings. The molecule has 1 N–H and O–H groups in total. The molecule has 1 unspecified atom stereocenters. The zero-order valence-electron chi connectivity index (χ0n) is 12.7. The summed E-state index contributed by atoms with van der Waals surface area (Å²) in [6, 6.07) is 7.89. The molecule has 0 fully saturated rings. The normalized spacial score (nSPS) is 13.0. The SMILES string of the molecule is CCOC(CCOc1cccc(C(C)(C)C)c1)C(=O)O. The first-order valence-electron chi connectivity index (χ1n) is 6.92. The third-order valence-electron chi connectivity index (χ3n) is 2.99. The summed E-state index contributed by atoms with van der Waals surface area (Å²) in [6.45, 7) is 8.91. The van der Waals surface area contributed by atoms with Crippen molar-refractivity contribution >= 4 is 5.97 Å². The van der Waals surface area contributed by atoms with Gasteiger partial charge < -0.3 is 14.6 Å². The maximum absolute atomic E-state index is 10.9. The second-order valence-corrected chi connectivity index (χ2v) is 5.70. The van der Waals surface area contributed by atoms with Crippen molar-refractivity contribution in [1.29, 1.82) is 0 Å². The largest absolute Gasteiger partial charge is 0.493 e. The number of hydrogen-bond acceptors (Lipinski definition) is 3. The van der Waals surface area contributed by atoms with E-state index < -0.39 is 12.1 Å². The Bertz CT molecular complexity index is 434. The lowest BCUT2D eigenvalue weighted by molar-refractivity contribution is -0.150. The van der Waals surface area contributed by atoms with Crippen molar-refractivity contribution in [3.8, 4) is 5.75 Å². The zero-order chi connectivity index (χ0) is 15.2. The Hall–Kier alpha value is -1.55. The van der Waals surface area contributed by atoms with Crippen molar-refractivity contribution in [2.24, 2.45) is 0 Å². The van der Waals surface area contributed by atoms with Crippen molar-refractivity contribution < 1.29 is 19.4 Å². The summed E-state index contributed by atoms with van der Waals surface area (Å²) in [5.74, 6) is -0.183. The Balaban J connectivity index is 2.55. The summed E-state index contributed by atoms with van der Waals surface area (Å²) in [7, 11) is 0. The molecule has 0 spiro atoms. The van der Waals surface area contributed by atoms with Crippen molar-refractivity contribution in [3.05, 3.63) is 29.8 Å². The maximum Gasteiger partial charge on any atom is 0.332 e. The van der Waals surface area contributed by atoms with Gasteiger partial charge in [0.25, 0.3) is 0 Å². The fourth-order valence-electron chi connectivity index (χ4n) is 1.82. The number of rotatable bonds is 7. The molecule has 20 heavy (non-hydrogen) atoms. The highest BCUT2D eigenvalue weighted by Crippen LogP contribution is 2.25. The number of carboxylic acid groups (broad SMARTS) is 1. The fourth-order valence-corrected chi connectivity index (χ4v) is 1.82. The summed E-state index contributed by atoms with van der Waals surface area (Å²) in [5.41, 5.74) is 1.25. The van der Waals surface area contributed by atoms with Crippen molar-refractivity contribution in [3.63, 3.8) is 0 Å². The summed E-state index contributed by atoms with van der Waals surface area (Å²) in [4.78, 5) is 10.9. The van der Waals surface area contributed by atoms with Gasteiger partial charge in [-0.05, 0) is 30.0 Å². The first-order valence-corrected chi connectivity index (χ1v) is 6.92. The molecule has 0 aliphatic heterocycles. The van der Waals surface area contributed by atoms with E-state index >= 15 is 0 Å². The molecule has 4 heteroatoms. The highest BCUT2D eigenvalue weighted by Gasteiger charge is 2.17. The van der Waals surface area contributed by atoms with Crippen LogP contribution in [0.25, 0.3) is 0 Å². The molecule has 0 heterocycles. The third kappa shape index (κ3) is 5.21. The minimum absolute atomic E-state index is 0.0638. The lowest BCUT2D eigenvalue weighted by atomic mass is 9.87. The second-order valence-electron chi connectivity index (χ2n) is 5.70. The van der Waals surface area contributed by atoms with Gasteiger partial charge >= 0.3 is 5.97 Å². The molecule has 0 saturated carbocycles. The Morgan fingerprint density at radius 3 is 2.60 bits per heavy atom. The van der Waals surface area contributed by atoms with Crippen LogP contribution in [0.3, 0.4) is 0 Å². The van der Waals surface area contributed by atoms with Crippen LogP contribution in [0.15, 0.2) is 24.3 Å². The average molecular weight is 280 g/mol. The van der Waals surface area contributed by atoms with Crippen LogP contribution in [0.2, 0.25) is 0 Å². The number of hydrogen-bond donors (Lipinski definition) is 1. The van der Waals surface area contributed by atoms with Gasteiger partial charge in [0.05, 0.1) is 6.61 Å². The lowest BCUT2D eigenvalue weighted by Gasteiger charge is -2.20. The van der Waals surface area contributed by atoms with Crippen LogP contribution in [0.1, 0.15) is 39.7 Å². The summed E-state index contributed by atoms with van der Waals surface area (Å²) in [5, 5.41) is 8.97. The monoisotopic (exact) mass is 280 g/mol. The first kappa shape index (κ1) is 16.5. The standard InChI is InChI=1S/C16H24O4/c1-5-19-14(15(17)18)9-10-20-13-8-6-7-12(11-13)16(2,3)4/h6-8,11,14H,5,9-10H2,1-4H3,(H,17,18). The predicted molar refractivity (Wildman–Crippen MR) is 78.3 cm³/mol. The molecule has 0 radical (unpaired) electrons. The molecule has 0 aliphatic carbocycles. The van der Waals surface area contributed by atoms with Gasteiger partial charge in [-0.2, -0.15) is 0 Å². The molecule has 0 amide bonds. The molecule has 0 aromatic heterocycles. The smallest absolute Gasteiger partial charge is 0.332 e. The van der Waals surface area contributed by atoms with E-state index in [2.05, 4.69) is 26.8 Å².